The molecule has 1 aromatic carbocycles. The summed E-state index contributed by atoms with van der Waals surface area (Å²) in [6, 6.07) is 6.48. The van der Waals surface area contributed by atoms with Gasteiger partial charge in [0, 0.05) is 61.1 Å². The van der Waals surface area contributed by atoms with E-state index in [-0.39, 0.29) is 24.0 Å². The number of aliphatic imine (C=N–C) groups is 1. The highest BCUT2D eigenvalue weighted by Crippen LogP contribution is 2.30. The summed E-state index contributed by atoms with van der Waals surface area (Å²) < 4.78 is 10.8. The predicted molar refractivity (Wildman–Crippen MR) is 137 cm³/mol. The monoisotopic (exact) mass is 534 g/mol. The van der Waals surface area contributed by atoms with E-state index in [1.165, 1.54) is 0 Å². The molecule has 2 rings (SSSR count). The first-order valence-corrected chi connectivity index (χ1v) is 11.1. The number of guanidine groups is 1. The number of ether oxygens (including phenoxy) is 2. The van der Waals surface area contributed by atoms with Crippen LogP contribution in [-0.2, 0) is 0 Å². The molecule has 8 heteroatoms. The third kappa shape index (κ3) is 8.94. The van der Waals surface area contributed by atoms with Gasteiger partial charge >= 0.3 is 0 Å². The molecule has 0 aromatic heterocycles. The van der Waals surface area contributed by atoms with E-state index in [0.29, 0.717) is 6.04 Å². The third-order valence-electron chi connectivity index (χ3n) is 4.62. The fourth-order valence-electron chi connectivity index (χ4n) is 3.16. The zero-order valence-electron chi connectivity index (χ0n) is 17.8. The molecule has 0 spiro atoms. The number of halogens is 1. The Hall–Kier alpha value is -1.29. The highest BCUT2D eigenvalue weighted by molar-refractivity contribution is 14.0. The minimum atomic E-state index is 0. The second-order valence-corrected chi connectivity index (χ2v) is 7.75. The van der Waals surface area contributed by atoms with Crippen LogP contribution in [0.1, 0.15) is 19.8 Å². The van der Waals surface area contributed by atoms with Crippen molar-refractivity contribution in [3.05, 3.63) is 30.9 Å². The van der Waals surface area contributed by atoms with Gasteiger partial charge in [-0.3, -0.25) is 4.99 Å². The van der Waals surface area contributed by atoms with Gasteiger partial charge in [0.1, 0.15) is 11.5 Å². The van der Waals surface area contributed by atoms with Gasteiger partial charge in [0.25, 0.3) is 0 Å². The van der Waals surface area contributed by atoms with Crippen LogP contribution in [0.4, 0.5) is 5.69 Å². The van der Waals surface area contributed by atoms with Crippen molar-refractivity contribution in [3.8, 4) is 11.5 Å². The molecular weight excluding hydrogens is 499 g/mol. The first-order chi connectivity index (χ1) is 13.7. The Labute approximate surface area is 196 Å². The fraction of sp³-hybridized carbons (Fsp3) is 0.571. The van der Waals surface area contributed by atoms with Gasteiger partial charge in [0.05, 0.1) is 20.8 Å². The molecule has 1 heterocycles. The van der Waals surface area contributed by atoms with E-state index in [4.69, 9.17) is 14.5 Å². The van der Waals surface area contributed by atoms with Gasteiger partial charge < -0.3 is 25.0 Å². The zero-order valence-corrected chi connectivity index (χ0v) is 20.9. The van der Waals surface area contributed by atoms with Gasteiger partial charge in [0.2, 0.25) is 0 Å². The van der Waals surface area contributed by atoms with E-state index >= 15 is 0 Å². The number of benzene rings is 1. The molecule has 0 aliphatic carbocycles. The molecule has 1 aliphatic rings. The molecule has 0 atom stereocenters. The van der Waals surface area contributed by atoms with Crippen molar-refractivity contribution in [2.24, 2.45) is 4.99 Å². The normalized spacial score (nSPS) is 14.7. The minimum Gasteiger partial charge on any atom is -0.497 e. The lowest BCUT2D eigenvalue weighted by atomic mass is 10.0. The lowest BCUT2D eigenvalue weighted by Crippen LogP contribution is -2.48. The van der Waals surface area contributed by atoms with Crippen molar-refractivity contribution >= 4 is 47.4 Å². The Morgan fingerprint density at radius 1 is 1.24 bits per heavy atom. The minimum absolute atomic E-state index is 0. The molecule has 0 radical (unpaired) electrons. The van der Waals surface area contributed by atoms with Crippen LogP contribution in [0.5, 0.6) is 11.5 Å². The summed E-state index contributed by atoms with van der Waals surface area (Å²) in [5.74, 6) is 4.56. The van der Waals surface area contributed by atoms with Gasteiger partial charge in [-0.2, -0.15) is 11.8 Å². The lowest BCUT2D eigenvalue weighted by Gasteiger charge is -2.34. The third-order valence-corrected chi connectivity index (χ3v) is 5.57. The van der Waals surface area contributed by atoms with Gasteiger partial charge in [-0.25, -0.2) is 0 Å². The zero-order chi connectivity index (χ0) is 20.2. The van der Waals surface area contributed by atoms with E-state index in [1.54, 1.807) is 14.2 Å². The molecule has 29 heavy (non-hydrogen) atoms. The van der Waals surface area contributed by atoms with Crippen molar-refractivity contribution in [1.29, 1.82) is 0 Å². The number of piperidine rings is 1. The van der Waals surface area contributed by atoms with Crippen LogP contribution in [0, 0.1) is 0 Å². The van der Waals surface area contributed by atoms with Crippen LogP contribution in [0.25, 0.3) is 0 Å². The van der Waals surface area contributed by atoms with Crippen molar-refractivity contribution in [1.82, 2.24) is 10.6 Å². The number of hydrogen-bond donors (Lipinski definition) is 2. The van der Waals surface area contributed by atoms with E-state index in [9.17, 15) is 0 Å². The quantitative estimate of drug-likeness (QED) is 0.157. The number of nitrogens with one attached hydrogen (secondary N) is 2. The highest BCUT2D eigenvalue weighted by atomic mass is 127. The van der Waals surface area contributed by atoms with Crippen molar-refractivity contribution < 1.29 is 9.47 Å². The Balaban J connectivity index is 0.00000420. The highest BCUT2D eigenvalue weighted by Gasteiger charge is 2.21. The Kier molecular flexibility index (Phi) is 13.0. The molecule has 0 unspecified atom stereocenters. The van der Waals surface area contributed by atoms with Crippen molar-refractivity contribution in [2.75, 3.05) is 56.8 Å². The molecule has 0 amide bonds. The number of thioether (sulfide) groups is 1. The van der Waals surface area contributed by atoms with Crippen molar-refractivity contribution in [2.45, 2.75) is 25.8 Å². The van der Waals surface area contributed by atoms with Crippen LogP contribution in [0.2, 0.25) is 0 Å². The molecule has 1 aliphatic heterocycles. The van der Waals surface area contributed by atoms with E-state index < -0.39 is 0 Å². The summed E-state index contributed by atoms with van der Waals surface area (Å²) >= 11 is 1.86. The van der Waals surface area contributed by atoms with E-state index in [2.05, 4.69) is 41.2 Å². The Morgan fingerprint density at radius 2 is 1.90 bits per heavy atom. The smallest absolute Gasteiger partial charge is 0.191 e. The fourth-order valence-corrected chi connectivity index (χ4v) is 3.71. The summed E-state index contributed by atoms with van der Waals surface area (Å²) in [7, 11) is 3.37. The average Bonchev–Trinajstić information content (AvgIpc) is 2.73. The lowest BCUT2D eigenvalue weighted by molar-refractivity contribution is 0.393. The first-order valence-electron chi connectivity index (χ1n) is 9.91. The van der Waals surface area contributed by atoms with Crippen LogP contribution < -0.4 is 25.0 Å². The largest absolute Gasteiger partial charge is 0.497 e. The number of anilines is 1. The standard InChI is InChI=1S/C21H34N4O2S.HI/c1-5-12-28-13-9-23-21(22-6-2)24-17-7-10-25(11-8-17)18-14-19(26-3)16-20(15-18)27-4;/h5,14-17H,1,6-13H2,2-4H3,(H2,22,23,24);1H. The molecular formula is C21H35IN4O2S. The number of rotatable bonds is 10. The molecule has 1 aromatic rings. The maximum atomic E-state index is 5.40. The summed E-state index contributed by atoms with van der Waals surface area (Å²) in [4.78, 5) is 7.08. The molecule has 0 bridgehead atoms. The SMILES string of the molecule is C=CCSCCN=C(NCC)NC1CCN(c2cc(OC)cc(OC)c2)CC1.I. The summed E-state index contributed by atoms with van der Waals surface area (Å²) in [6.07, 6.45) is 4.06. The second kappa shape index (κ2) is 14.7. The van der Waals surface area contributed by atoms with E-state index in [0.717, 1.165) is 73.7 Å². The average molecular weight is 535 g/mol. The van der Waals surface area contributed by atoms with Crippen molar-refractivity contribution in [3.63, 3.8) is 0 Å². The van der Waals surface area contributed by atoms with Crippen LogP contribution >= 0.6 is 35.7 Å². The maximum Gasteiger partial charge on any atom is 0.191 e. The van der Waals surface area contributed by atoms with Gasteiger partial charge in [-0.15, -0.1) is 30.6 Å². The summed E-state index contributed by atoms with van der Waals surface area (Å²) in [6.45, 7) is 9.51. The van der Waals surface area contributed by atoms with Gasteiger partial charge in [-0.1, -0.05) is 6.08 Å². The summed E-state index contributed by atoms with van der Waals surface area (Å²) in [5.41, 5.74) is 1.15. The van der Waals surface area contributed by atoms with Gasteiger partial charge in [0.15, 0.2) is 5.96 Å². The molecule has 2 N–H and O–H groups in total. The Bertz CT molecular complexity index is 615. The predicted octanol–water partition coefficient (Wildman–Crippen LogP) is 3.76. The first kappa shape index (κ1) is 25.7. The number of hydrogen-bond acceptors (Lipinski definition) is 5. The van der Waals surface area contributed by atoms with Crippen LogP contribution in [0.3, 0.4) is 0 Å². The number of methoxy groups -OCH3 is 2. The molecule has 0 saturated carbocycles. The molecule has 164 valence electrons. The molecule has 1 saturated heterocycles. The maximum absolute atomic E-state index is 5.40. The van der Waals surface area contributed by atoms with Gasteiger partial charge in [-0.05, 0) is 19.8 Å². The van der Waals surface area contributed by atoms with Crippen LogP contribution in [-0.4, -0.2) is 63.9 Å². The Morgan fingerprint density at radius 3 is 2.45 bits per heavy atom. The molecule has 1 fully saturated rings. The van der Waals surface area contributed by atoms with E-state index in [1.807, 2.05) is 23.9 Å². The number of nitrogens with zero attached hydrogens (tertiary/aromatic N) is 2. The van der Waals surface area contributed by atoms with Crippen LogP contribution in [0.15, 0.2) is 35.8 Å². The topological polar surface area (TPSA) is 58.1 Å². The summed E-state index contributed by atoms with van der Waals surface area (Å²) in [5, 5.41) is 6.95. The second-order valence-electron chi connectivity index (χ2n) is 6.60. The molecule has 6 nitrogen and oxygen atoms in total.